The molecule has 1 aromatic carbocycles. The number of anilines is 1. The van der Waals surface area contributed by atoms with Crippen LogP contribution in [-0.2, 0) is 0 Å². The summed E-state index contributed by atoms with van der Waals surface area (Å²) in [5.74, 6) is -0.510. The quantitative estimate of drug-likeness (QED) is 0.664. The number of rotatable bonds is 3. The van der Waals surface area contributed by atoms with Crippen molar-refractivity contribution in [1.29, 1.82) is 0 Å². The Hall–Kier alpha value is -1.21. The van der Waals surface area contributed by atoms with Gasteiger partial charge in [-0.05, 0) is 28.9 Å². The Labute approximate surface area is 106 Å². The van der Waals surface area contributed by atoms with Gasteiger partial charge in [-0.1, -0.05) is 0 Å². The lowest BCUT2D eigenvalue weighted by Gasteiger charge is -2.13. The summed E-state index contributed by atoms with van der Waals surface area (Å²) in [6.07, 6.45) is 0.870. The van der Waals surface area contributed by atoms with Crippen LogP contribution in [0.25, 0.3) is 0 Å². The molecule has 0 aromatic heterocycles. The number of nitro benzene ring substituents is 1. The minimum atomic E-state index is -0.519. The van der Waals surface area contributed by atoms with Gasteiger partial charge >= 0.3 is 0 Å². The van der Waals surface area contributed by atoms with E-state index in [2.05, 4.69) is 26.6 Å². The minimum absolute atomic E-state index is 0.0966. The van der Waals surface area contributed by atoms with E-state index in [4.69, 9.17) is 0 Å². The molecule has 17 heavy (non-hydrogen) atoms. The van der Waals surface area contributed by atoms with Crippen molar-refractivity contribution >= 4 is 27.3 Å². The van der Waals surface area contributed by atoms with Crippen LogP contribution in [0.2, 0.25) is 0 Å². The fourth-order valence-electron chi connectivity index (χ4n) is 1.80. The smallest absolute Gasteiger partial charge is 0.293 e. The molecule has 1 aliphatic heterocycles. The lowest BCUT2D eigenvalue weighted by atomic mass is 10.2. The highest BCUT2D eigenvalue weighted by Gasteiger charge is 2.21. The van der Waals surface area contributed by atoms with Gasteiger partial charge in [0.1, 0.15) is 11.5 Å². The van der Waals surface area contributed by atoms with E-state index < -0.39 is 10.7 Å². The Kier molecular flexibility index (Phi) is 3.58. The summed E-state index contributed by atoms with van der Waals surface area (Å²) in [5.41, 5.74) is 0.106. The molecular weight excluding hydrogens is 293 g/mol. The van der Waals surface area contributed by atoms with Gasteiger partial charge in [-0.2, -0.15) is 0 Å². The van der Waals surface area contributed by atoms with Gasteiger partial charge in [0.2, 0.25) is 0 Å². The number of benzene rings is 1. The maximum Gasteiger partial charge on any atom is 0.293 e. The number of nitrogens with zero attached hydrogens (tertiary/aromatic N) is 1. The number of nitro groups is 1. The summed E-state index contributed by atoms with van der Waals surface area (Å²) in [4.78, 5) is 10.3. The van der Waals surface area contributed by atoms with E-state index in [1.165, 1.54) is 6.07 Å². The monoisotopic (exact) mass is 303 g/mol. The molecule has 7 heteroatoms. The maximum absolute atomic E-state index is 13.4. The van der Waals surface area contributed by atoms with Crippen LogP contribution in [0.3, 0.4) is 0 Å². The van der Waals surface area contributed by atoms with Crippen molar-refractivity contribution in [2.75, 3.05) is 18.4 Å². The molecular formula is C10H11BrFN3O2. The molecule has 1 unspecified atom stereocenters. The molecule has 1 atom stereocenters. The van der Waals surface area contributed by atoms with Crippen molar-refractivity contribution in [1.82, 2.24) is 5.32 Å². The minimum Gasteiger partial charge on any atom is -0.375 e. The molecule has 0 aliphatic carbocycles. The Morgan fingerprint density at radius 2 is 2.35 bits per heavy atom. The highest BCUT2D eigenvalue weighted by molar-refractivity contribution is 9.10. The van der Waals surface area contributed by atoms with E-state index in [0.29, 0.717) is 0 Å². The zero-order valence-electron chi connectivity index (χ0n) is 8.87. The molecule has 2 N–H and O–H groups in total. The molecule has 0 saturated carbocycles. The molecule has 5 nitrogen and oxygen atoms in total. The van der Waals surface area contributed by atoms with Crippen molar-refractivity contribution < 1.29 is 9.31 Å². The number of hydrogen-bond donors (Lipinski definition) is 2. The standard InChI is InChI=1S/C10H11BrFN3O2/c11-7-3-10(15(16)17)9(4-8(7)12)14-6-1-2-13-5-6/h3-4,6,13-14H,1-2,5H2. The Morgan fingerprint density at radius 1 is 1.59 bits per heavy atom. The average molecular weight is 304 g/mol. The fourth-order valence-corrected chi connectivity index (χ4v) is 2.13. The van der Waals surface area contributed by atoms with Gasteiger partial charge in [0.25, 0.3) is 5.69 Å². The first kappa shape index (κ1) is 12.3. The lowest BCUT2D eigenvalue weighted by Crippen LogP contribution is -2.22. The second-order valence-electron chi connectivity index (χ2n) is 3.87. The normalized spacial score (nSPS) is 19.3. The second-order valence-corrected chi connectivity index (χ2v) is 4.73. The van der Waals surface area contributed by atoms with Crippen LogP contribution in [-0.4, -0.2) is 24.1 Å². The van der Waals surface area contributed by atoms with Gasteiger partial charge in [-0.3, -0.25) is 10.1 Å². The molecule has 1 aliphatic rings. The topological polar surface area (TPSA) is 67.2 Å². The third-order valence-corrected chi connectivity index (χ3v) is 3.26. The van der Waals surface area contributed by atoms with Crippen molar-refractivity contribution in [2.45, 2.75) is 12.5 Å². The molecule has 1 heterocycles. The van der Waals surface area contributed by atoms with E-state index in [-0.39, 0.29) is 21.9 Å². The molecule has 0 spiro atoms. The van der Waals surface area contributed by atoms with Crippen LogP contribution in [0.4, 0.5) is 15.8 Å². The number of halogens is 2. The van der Waals surface area contributed by atoms with Crippen molar-refractivity contribution in [3.8, 4) is 0 Å². The van der Waals surface area contributed by atoms with Crippen LogP contribution in [0, 0.1) is 15.9 Å². The summed E-state index contributed by atoms with van der Waals surface area (Å²) in [5, 5.41) is 17.0. The fraction of sp³-hybridized carbons (Fsp3) is 0.400. The molecule has 1 saturated heterocycles. The zero-order chi connectivity index (χ0) is 12.4. The number of nitrogens with one attached hydrogen (secondary N) is 2. The Balaban J connectivity index is 2.29. The molecule has 0 radical (unpaired) electrons. The molecule has 92 valence electrons. The van der Waals surface area contributed by atoms with E-state index in [9.17, 15) is 14.5 Å². The van der Waals surface area contributed by atoms with E-state index in [1.807, 2.05) is 0 Å². The SMILES string of the molecule is O=[N+]([O-])c1cc(Br)c(F)cc1NC1CCNC1. The summed E-state index contributed by atoms with van der Waals surface area (Å²) < 4.78 is 13.5. The summed E-state index contributed by atoms with van der Waals surface area (Å²) >= 11 is 2.94. The predicted octanol–water partition coefficient (Wildman–Crippen LogP) is 2.27. The van der Waals surface area contributed by atoms with Gasteiger partial charge in [-0.25, -0.2) is 4.39 Å². The third kappa shape index (κ3) is 2.73. The van der Waals surface area contributed by atoms with Gasteiger partial charge in [-0.15, -0.1) is 0 Å². The number of hydrogen-bond acceptors (Lipinski definition) is 4. The van der Waals surface area contributed by atoms with Crippen molar-refractivity contribution in [2.24, 2.45) is 0 Å². The molecule has 2 rings (SSSR count). The average Bonchev–Trinajstić information content (AvgIpc) is 2.75. The molecule has 0 amide bonds. The summed E-state index contributed by atoms with van der Waals surface area (Å²) in [7, 11) is 0. The first-order valence-corrected chi connectivity index (χ1v) is 5.98. The van der Waals surface area contributed by atoms with Crippen LogP contribution < -0.4 is 10.6 Å². The zero-order valence-corrected chi connectivity index (χ0v) is 10.5. The molecule has 1 fully saturated rings. The summed E-state index contributed by atoms with van der Waals surface area (Å²) in [6, 6.07) is 2.44. The molecule has 0 bridgehead atoms. The van der Waals surface area contributed by atoms with Crippen LogP contribution >= 0.6 is 15.9 Å². The Bertz CT molecular complexity index is 449. The van der Waals surface area contributed by atoms with Crippen molar-refractivity contribution in [3.05, 3.63) is 32.5 Å². The van der Waals surface area contributed by atoms with Crippen LogP contribution in [0.5, 0.6) is 0 Å². The second kappa shape index (κ2) is 4.97. The third-order valence-electron chi connectivity index (χ3n) is 2.66. The van der Waals surface area contributed by atoms with Gasteiger partial charge < -0.3 is 10.6 Å². The largest absolute Gasteiger partial charge is 0.375 e. The highest BCUT2D eigenvalue weighted by Crippen LogP contribution is 2.31. The van der Waals surface area contributed by atoms with Crippen LogP contribution in [0.1, 0.15) is 6.42 Å². The van der Waals surface area contributed by atoms with E-state index in [0.717, 1.165) is 25.6 Å². The van der Waals surface area contributed by atoms with Gasteiger partial charge in [0.15, 0.2) is 0 Å². The lowest BCUT2D eigenvalue weighted by molar-refractivity contribution is -0.384. The van der Waals surface area contributed by atoms with Crippen LogP contribution in [0.15, 0.2) is 16.6 Å². The van der Waals surface area contributed by atoms with E-state index >= 15 is 0 Å². The van der Waals surface area contributed by atoms with Crippen molar-refractivity contribution in [3.63, 3.8) is 0 Å². The maximum atomic E-state index is 13.4. The van der Waals surface area contributed by atoms with E-state index in [1.54, 1.807) is 0 Å². The van der Waals surface area contributed by atoms with Gasteiger partial charge in [0.05, 0.1) is 9.40 Å². The molecule has 1 aromatic rings. The van der Waals surface area contributed by atoms with Gasteiger partial charge in [0, 0.05) is 24.7 Å². The first-order valence-electron chi connectivity index (χ1n) is 5.18. The summed E-state index contributed by atoms with van der Waals surface area (Å²) in [6.45, 7) is 1.60. The predicted molar refractivity (Wildman–Crippen MR) is 65.7 cm³/mol. The first-order chi connectivity index (χ1) is 8.08. The Morgan fingerprint density at radius 3 is 2.94 bits per heavy atom. The highest BCUT2D eigenvalue weighted by atomic mass is 79.9.